The predicted molar refractivity (Wildman–Crippen MR) is 89.0 cm³/mol. The molecular weight excluding hydrogens is 260 g/mol. The van der Waals surface area contributed by atoms with Crippen LogP contribution >= 0.6 is 0 Å². The fourth-order valence-electron chi connectivity index (χ4n) is 3.05. The van der Waals surface area contributed by atoms with E-state index in [1.54, 1.807) is 0 Å². The van der Waals surface area contributed by atoms with Gasteiger partial charge in [-0.1, -0.05) is 59.8 Å². The zero-order valence-electron chi connectivity index (χ0n) is 14.6. The van der Waals surface area contributed by atoms with Crippen molar-refractivity contribution in [3.8, 4) is 0 Å². The zero-order chi connectivity index (χ0) is 16.0. The highest BCUT2D eigenvalue weighted by atomic mass is 16.5. The molecule has 120 valence electrons. The van der Waals surface area contributed by atoms with Gasteiger partial charge in [0.05, 0.1) is 5.92 Å². The molecule has 2 rings (SSSR count). The highest BCUT2D eigenvalue weighted by molar-refractivity contribution is 5.72. The second kappa shape index (κ2) is 8.41. The summed E-state index contributed by atoms with van der Waals surface area (Å²) < 4.78 is 5.82. The average molecular weight is 292 g/mol. The van der Waals surface area contributed by atoms with Crippen LogP contribution in [0.15, 0.2) is 23.8 Å². The molecular formula is C19H32O2. The third kappa shape index (κ3) is 4.72. The van der Waals surface area contributed by atoms with Crippen LogP contribution in [0.2, 0.25) is 0 Å². The third-order valence-electron chi connectivity index (χ3n) is 4.48. The number of esters is 1. The highest BCUT2D eigenvalue weighted by Gasteiger charge is 2.35. The molecule has 0 bridgehead atoms. The number of rotatable bonds is 3. The van der Waals surface area contributed by atoms with Gasteiger partial charge >= 0.3 is 5.97 Å². The van der Waals surface area contributed by atoms with E-state index in [1.165, 1.54) is 5.57 Å². The molecule has 0 aromatic heterocycles. The van der Waals surface area contributed by atoms with E-state index in [1.807, 2.05) is 27.7 Å². The number of hydrogen-bond donors (Lipinski definition) is 0. The Morgan fingerprint density at radius 1 is 1.29 bits per heavy atom. The van der Waals surface area contributed by atoms with Crippen LogP contribution in [0.1, 0.15) is 60.8 Å². The van der Waals surface area contributed by atoms with E-state index in [-0.39, 0.29) is 18.0 Å². The van der Waals surface area contributed by atoms with Gasteiger partial charge in [0, 0.05) is 5.92 Å². The van der Waals surface area contributed by atoms with Crippen molar-refractivity contribution in [3.05, 3.63) is 23.8 Å². The van der Waals surface area contributed by atoms with Gasteiger partial charge in [-0.05, 0) is 36.7 Å². The normalized spacial score (nSPS) is 32.2. The molecule has 0 radical (unpaired) electrons. The molecule has 0 aromatic rings. The molecule has 0 fully saturated rings. The van der Waals surface area contributed by atoms with Gasteiger partial charge in [0.25, 0.3) is 0 Å². The van der Waals surface area contributed by atoms with Crippen molar-refractivity contribution in [2.45, 2.75) is 66.9 Å². The maximum Gasteiger partial charge on any atom is 0.308 e. The lowest BCUT2D eigenvalue weighted by Crippen LogP contribution is -2.36. The van der Waals surface area contributed by atoms with Crippen molar-refractivity contribution in [3.63, 3.8) is 0 Å². The first-order valence-corrected chi connectivity index (χ1v) is 8.61. The Hall–Kier alpha value is -1.05. The van der Waals surface area contributed by atoms with Gasteiger partial charge in [-0.25, -0.2) is 0 Å². The van der Waals surface area contributed by atoms with Crippen molar-refractivity contribution in [1.82, 2.24) is 0 Å². The summed E-state index contributed by atoms with van der Waals surface area (Å²) in [5.74, 6) is 1.48. The lowest BCUT2D eigenvalue weighted by atomic mass is 9.73. The Balaban J connectivity index is 0.00000106. The molecule has 2 aliphatic carbocycles. The Morgan fingerprint density at radius 2 is 1.95 bits per heavy atom. The van der Waals surface area contributed by atoms with E-state index in [9.17, 15) is 4.79 Å². The summed E-state index contributed by atoms with van der Waals surface area (Å²) in [5, 5.41) is 0. The molecule has 2 heteroatoms. The van der Waals surface area contributed by atoms with Crippen LogP contribution in [-0.4, -0.2) is 12.1 Å². The predicted octanol–water partition coefficient (Wildman–Crippen LogP) is 5.15. The van der Waals surface area contributed by atoms with Crippen LogP contribution in [-0.2, 0) is 9.53 Å². The van der Waals surface area contributed by atoms with E-state index >= 15 is 0 Å². The van der Waals surface area contributed by atoms with E-state index in [4.69, 9.17) is 4.74 Å². The molecule has 0 heterocycles. The molecule has 5 atom stereocenters. The van der Waals surface area contributed by atoms with Crippen LogP contribution in [0.5, 0.6) is 0 Å². The molecule has 0 aromatic carbocycles. The van der Waals surface area contributed by atoms with Gasteiger partial charge in [-0.15, -0.1) is 0 Å². The Kier molecular flexibility index (Phi) is 7.21. The minimum absolute atomic E-state index is 0.0150. The first-order valence-electron chi connectivity index (χ1n) is 8.61. The molecule has 5 unspecified atom stereocenters. The quantitative estimate of drug-likeness (QED) is 0.672. The summed E-state index contributed by atoms with van der Waals surface area (Å²) in [5.41, 5.74) is 1.37. The van der Waals surface area contributed by atoms with Crippen LogP contribution in [0.3, 0.4) is 0 Å². The SMILES string of the molecule is CC.CCC(C)C(=O)OC1CC(C)C=C2C=CC(C)CC21. The number of allylic oxidation sites excluding steroid dienone is 3. The molecule has 0 spiro atoms. The molecule has 0 saturated carbocycles. The summed E-state index contributed by atoms with van der Waals surface area (Å²) in [4.78, 5) is 12.0. The zero-order valence-corrected chi connectivity index (χ0v) is 14.6. The molecule has 0 amide bonds. The van der Waals surface area contributed by atoms with Gasteiger partial charge in [0.1, 0.15) is 6.10 Å². The maximum absolute atomic E-state index is 12.0. The number of carbonyl (C=O) groups is 1. The van der Waals surface area contributed by atoms with Crippen LogP contribution < -0.4 is 0 Å². The Morgan fingerprint density at radius 3 is 2.57 bits per heavy atom. The average Bonchev–Trinajstić information content (AvgIpc) is 2.49. The van der Waals surface area contributed by atoms with Crippen LogP contribution in [0.25, 0.3) is 0 Å². The largest absolute Gasteiger partial charge is 0.461 e. The van der Waals surface area contributed by atoms with Gasteiger partial charge in [0.2, 0.25) is 0 Å². The van der Waals surface area contributed by atoms with Crippen molar-refractivity contribution >= 4 is 5.97 Å². The summed E-state index contributed by atoms with van der Waals surface area (Å²) in [6, 6.07) is 0. The lowest BCUT2D eigenvalue weighted by Gasteiger charge is -2.37. The molecule has 2 aliphatic rings. The van der Waals surface area contributed by atoms with Gasteiger partial charge < -0.3 is 4.74 Å². The summed E-state index contributed by atoms with van der Waals surface area (Å²) in [6.07, 6.45) is 9.85. The topological polar surface area (TPSA) is 26.3 Å². The van der Waals surface area contributed by atoms with Crippen LogP contribution in [0, 0.1) is 23.7 Å². The van der Waals surface area contributed by atoms with E-state index in [0.29, 0.717) is 17.8 Å². The maximum atomic E-state index is 12.0. The van der Waals surface area contributed by atoms with Gasteiger partial charge in [-0.2, -0.15) is 0 Å². The number of fused-ring (bicyclic) bond motifs is 1. The van der Waals surface area contributed by atoms with Crippen molar-refractivity contribution in [1.29, 1.82) is 0 Å². The number of ether oxygens (including phenoxy) is 1. The molecule has 0 aliphatic heterocycles. The minimum Gasteiger partial charge on any atom is -0.461 e. The monoisotopic (exact) mass is 292 g/mol. The molecule has 2 nitrogen and oxygen atoms in total. The number of hydrogen-bond acceptors (Lipinski definition) is 2. The summed E-state index contributed by atoms with van der Waals surface area (Å²) in [7, 11) is 0. The summed E-state index contributed by atoms with van der Waals surface area (Å²) in [6.45, 7) is 12.4. The minimum atomic E-state index is -0.0249. The van der Waals surface area contributed by atoms with Crippen molar-refractivity contribution in [2.75, 3.05) is 0 Å². The van der Waals surface area contributed by atoms with Crippen molar-refractivity contribution in [2.24, 2.45) is 23.7 Å². The first kappa shape index (κ1) is 18.0. The van der Waals surface area contributed by atoms with E-state index in [0.717, 1.165) is 19.3 Å². The van der Waals surface area contributed by atoms with E-state index < -0.39 is 0 Å². The Labute approximate surface area is 130 Å². The number of carbonyl (C=O) groups excluding carboxylic acids is 1. The lowest BCUT2D eigenvalue weighted by molar-refractivity contribution is -0.157. The second-order valence-electron chi connectivity index (χ2n) is 6.34. The smallest absolute Gasteiger partial charge is 0.308 e. The van der Waals surface area contributed by atoms with Gasteiger partial charge in [0.15, 0.2) is 0 Å². The molecule has 0 N–H and O–H groups in total. The summed E-state index contributed by atoms with van der Waals surface area (Å²) >= 11 is 0. The second-order valence-corrected chi connectivity index (χ2v) is 6.34. The molecule has 0 saturated heterocycles. The first-order chi connectivity index (χ1) is 10.0. The van der Waals surface area contributed by atoms with E-state index in [2.05, 4.69) is 32.1 Å². The van der Waals surface area contributed by atoms with Crippen molar-refractivity contribution < 1.29 is 9.53 Å². The molecule has 21 heavy (non-hydrogen) atoms. The van der Waals surface area contributed by atoms with Gasteiger partial charge in [-0.3, -0.25) is 4.79 Å². The third-order valence-corrected chi connectivity index (χ3v) is 4.48. The Bertz CT molecular complexity index is 394. The standard InChI is InChI=1S/C17H26O2.C2H6/c1-5-13(4)17(18)19-16-10-12(3)8-14-7-6-11(2)9-15(14)16;1-2/h6-8,11-13,15-16H,5,9-10H2,1-4H3;1-2H3. The fourth-order valence-corrected chi connectivity index (χ4v) is 3.05. The fraction of sp³-hybridized carbons (Fsp3) is 0.737. The van der Waals surface area contributed by atoms with Crippen LogP contribution in [0.4, 0.5) is 0 Å². The highest BCUT2D eigenvalue weighted by Crippen LogP contribution is 2.39.